The Bertz CT molecular complexity index is 192. The van der Waals surface area contributed by atoms with Crippen molar-refractivity contribution in [2.75, 3.05) is 0 Å². The van der Waals surface area contributed by atoms with Crippen LogP contribution in [0.4, 0.5) is 0 Å². The molecule has 4 nitrogen and oxygen atoms in total. The van der Waals surface area contributed by atoms with Crippen molar-refractivity contribution < 1.29 is 31.1 Å². The second kappa shape index (κ2) is 11.9. The predicted molar refractivity (Wildman–Crippen MR) is 63.6 cm³/mol. The van der Waals surface area contributed by atoms with Crippen LogP contribution in [0.5, 0.6) is 0 Å². The van der Waals surface area contributed by atoms with Gasteiger partial charge in [0.1, 0.15) is 0 Å². The van der Waals surface area contributed by atoms with Crippen LogP contribution in [-0.4, -0.2) is 12.0 Å². The van der Waals surface area contributed by atoms with Crippen molar-refractivity contribution in [1.29, 1.82) is 0 Å². The third-order valence-electron chi connectivity index (χ3n) is 2.14. The monoisotopic (exact) mass is 519 g/mol. The van der Waals surface area contributed by atoms with E-state index in [1.165, 1.54) is 19.3 Å². The average Bonchev–Trinajstić information content (AvgIpc) is 2.26. The summed E-state index contributed by atoms with van der Waals surface area (Å²) < 4.78 is 0. The normalized spacial score (nSPS) is 23.1. The number of carbonyl (C=O) groups is 1. The summed E-state index contributed by atoms with van der Waals surface area (Å²) in [4.78, 5) is 9.18. The number of carbonyl (C=O) groups excluding carboxylic acids is 1. The molecule has 0 aromatic heterocycles. The van der Waals surface area contributed by atoms with E-state index >= 15 is 0 Å². The standard InChI is InChI=1S/C7H13N.C3H4O3.HI.Pt/c1-6-4-2-3-5-7(6)8;1-2(4)3(5)6;;/h6-8H,1-5H2;4H,1H2,(H,5,6);1H;/q-2;;;+1/p-3/t6-,7-;;;/m1.../s1. The Morgan fingerprint density at radius 1 is 1.38 bits per heavy atom. The van der Waals surface area contributed by atoms with Crippen molar-refractivity contribution >= 4 is 25.3 Å². The van der Waals surface area contributed by atoms with Crippen molar-refractivity contribution in [3.8, 4) is 0 Å². The van der Waals surface area contributed by atoms with Crippen LogP contribution in [0.3, 0.4) is 0 Å². The van der Waals surface area contributed by atoms with Gasteiger partial charge in [-0.2, -0.15) is 12.0 Å². The third kappa shape index (κ3) is 10.9. The summed E-state index contributed by atoms with van der Waals surface area (Å²) in [5, 5.41) is 18.5. The molecule has 2 atom stereocenters. The van der Waals surface area contributed by atoms with E-state index in [0.29, 0.717) is 5.92 Å². The number of hydrogen-bond acceptors (Lipinski definition) is 3. The fourth-order valence-corrected chi connectivity index (χ4v) is 1.21. The second-order valence-corrected chi connectivity index (χ2v) is 3.36. The molecule has 1 rings (SSSR count). The molecule has 0 aromatic carbocycles. The maximum atomic E-state index is 9.37. The molecular formula is C10H15INO3Pt-4. The second-order valence-electron chi connectivity index (χ2n) is 3.36. The maximum absolute atomic E-state index is 9.37. The number of carboxylic acids is 1. The van der Waals surface area contributed by atoms with Gasteiger partial charge in [0.15, 0.2) is 0 Å². The van der Waals surface area contributed by atoms with Crippen LogP contribution in [0.15, 0.2) is 12.3 Å². The summed E-state index contributed by atoms with van der Waals surface area (Å²) in [6.07, 6.45) is 4.80. The molecule has 0 bridgehead atoms. The van der Waals surface area contributed by atoms with Crippen LogP contribution >= 0.6 is 19.4 Å². The zero-order valence-electron chi connectivity index (χ0n) is 8.82. The van der Waals surface area contributed by atoms with Gasteiger partial charge in [-0.15, -0.1) is 6.58 Å². The fraction of sp³-hybridized carbons (Fsp3) is 0.600. The summed E-state index contributed by atoms with van der Waals surface area (Å²) >= 11 is 4.23. The van der Waals surface area contributed by atoms with Gasteiger partial charge in [-0.3, -0.25) is 0 Å². The summed E-state index contributed by atoms with van der Waals surface area (Å²) in [6, 6.07) is 0.142. The molecule has 0 spiro atoms. The number of nitrogens with one attached hydrogen (secondary N) is 1. The van der Waals surface area contributed by atoms with Gasteiger partial charge < -0.3 is 27.7 Å². The molecule has 0 aromatic rings. The number of carboxylic acid groups (broad SMARTS) is 1. The van der Waals surface area contributed by atoms with Crippen molar-refractivity contribution in [2.45, 2.75) is 31.7 Å². The quantitative estimate of drug-likeness (QED) is 0.224. The summed E-state index contributed by atoms with van der Waals surface area (Å²) in [5.41, 5.74) is 7.42. The van der Waals surface area contributed by atoms with E-state index in [2.05, 4.69) is 49.0 Å². The van der Waals surface area contributed by atoms with Gasteiger partial charge in [0.2, 0.25) is 0 Å². The van der Waals surface area contributed by atoms with Crippen LogP contribution in [0.1, 0.15) is 25.7 Å². The molecule has 1 aliphatic rings. The molecule has 1 saturated carbocycles. The molecule has 0 amide bonds. The molecular weight excluding hydrogens is 504 g/mol. The first-order valence-corrected chi connectivity index (χ1v) is 11.1. The Labute approximate surface area is 118 Å². The van der Waals surface area contributed by atoms with Crippen LogP contribution in [0.25, 0.3) is 5.73 Å². The fourth-order valence-electron chi connectivity index (χ4n) is 1.21. The predicted octanol–water partition coefficient (Wildman–Crippen LogP) is 0.925. The van der Waals surface area contributed by atoms with Crippen LogP contribution < -0.4 is 10.2 Å². The van der Waals surface area contributed by atoms with E-state index < -0.39 is 11.7 Å². The first kappa shape index (κ1) is 18.7. The molecule has 0 heterocycles. The first-order chi connectivity index (χ1) is 7.45. The van der Waals surface area contributed by atoms with Crippen LogP contribution in [0.2, 0.25) is 0 Å². The SMILES string of the molecule is C=C([O-])C(=O)[O-].[CH2-][C@@H]1CCCC[C@H]1[NH-].[I][Pt]. The van der Waals surface area contributed by atoms with E-state index in [0.717, 1.165) is 6.42 Å². The Balaban J connectivity index is 0. The molecule has 1 aliphatic carbocycles. The van der Waals surface area contributed by atoms with Gasteiger partial charge in [0, 0.05) is 0 Å². The van der Waals surface area contributed by atoms with Gasteiger partial charge in [-0.1, -0.05) is 31.4 Å². The van der Waals surface area contributed by atoms with Crippen molar-refractivity contribution in [3.05, 3.63) is 25.0 Å². The Morgan fingerprint density at radius 2 is 1.75 bits per heavy atom. The van der Waals surface area contributed by atoms with E-state index in [1.807, 2.05) is 0 Å². The van der Waals surface area contributed by atoms with Gasteiger partial charge in [0.05, 0.1) is 5.97 Å². The van der Waals surface area contributed by atoms with Gasteiger partial charge >= 0.3 is 35.5 Å². The molecule has 1 N–H and O–H groups in total. The van der Waals surface area contributed by atoms with E-state index in [1.54, 1.807) is 0 Å². The molecule has 0 unspecified atom stereocenters. The number of hydrogen-bond donors (Lipinski definition) is 0. The van der Waals surface area contributed by atoms with Gasteiger partial charge in [0.25, 0.3) is 0 Å². The van der Waals surface area contributed by atoms with Crippen LogP contribution in [-0.2, 0) is 20.9 Å². The minimum atomic E-state index is -1.74. The molecule has 16 heavy (non-hydrogen) atoms. The molecule has 99 valence electrons. The van der Waals surface area contributed by atoms with E-state index in [4.69, 9.17) is 5.73 Å². The molecule has 0 aliphatic heterocycles. The van der Waals surface area contributed by atoms with E-state index in [-0.39, 0.29) is 6.04 Å². The van der Waals surface area contributed by atoms with Gasteiger partial charge in [-0.25, -0.2) is 0 Å². The van der Waals surface area contributed by atoms with Crippen molar-refractivity contribution in [1.82, 2.24) is 0 Å². The summed E-state index contributed by atoms with van der Waals surface area (Å²) in [6.45, 7) is 6.43. The van der Waals surface area contributed by atoms with Crippen LogP contribution in [0, 0.1) is 12.8 Å². The summed E-state index contributed by atoms with van der Waals surface area (Å²) in [5.74, 6) is -2.51. The number of aliphatic carboxylic acids is 1. The Hall–Kier alpha value is 0.388. The number of rotatable bonds is 1. The molecule has 0 saturated heterocycles. The zero-order chi connectivity index (χ0) is 13.1. The first-order valence-electron chi connectivity index (χ1n) is 4.68. The van der Waals surface area contributed by atoms with Crippen molar-refractivity contribution in [2.24, 2.45) is 5.92 Å². The Morgan fingerprint density at radius 3 is 1.94 bits per heavy atom. The third-order valence-corrected chi connectivity index (χ3v) is 2.14. The zero-order valence-corrected chi connectivity index (χ0v) is 13.2. The Kier molecular flexibility index (Phi) is 13.9. The van der Waals surface area contributed by atoms with Gasteiger partial charge in [-0.05, 0) is 0 Å². The molecule has 1 fully saturated rings. The average molecular weight is 519 g/mol. The molecule has 0 radical (unpaired) electrons. The van der Waals surface area contributed by atoms with Crippen molar-refractivity contribution in [3.63, 3.8) is 0 Å². The molecule has 6 heteroatoms. The number of halogens is 1. The van der Waals surface area contributed by atoms with E-state index in [9.17, 15) is 15.0 Å². The topological polar surface area (TPSA) is 87.0 Å². The minimum absolute atomic E-state index is 0.142. The summed E-state index contributed by atoms with van der Waals surface area (Å²) in [7, 11) is 0.